The number of fused-ring (bicyclic) bond motifs is 1. The molecule has 0 aromatic heterocycles. The third-order valence-corrected chi connectivity index (χ3v) is 5.60. The summed E-state index contributed by atoms with van der Waals surface area (Å²) in [6, 6.07) is 18.7. The summed E-state index contributed by atoms with van der Waals surface area (Å²) in [5, 5.41) is 5.03. The standard InChI is InChI=1S/C21H22N2O4S/c1-3-28(25,26)23-19-11-10-18(14-20(19)27-2)22-21(24)13-15-8-9-16-6-4-5-7-17(16)12-15/h4-12,14,23H,3,13H2,1-2H3,(H,22,24). The second kappa shape index (κ2) is 8.31. The number of anilines is 2. The molecule has 146 valence electrons. The fourth-order valence-electron chi connectivity index (χ4n) is 2.83. The smallest absolute Gasteiger partial charge is 0.232 e. The number of rotatable bonds is 7. The normalized spacial score (nSPS) is 11.2. The minimum atomic E-state index is -3.42. The van der Waals surface area contributed by atoms with E-state index in [2.05, 4.69) is 10.0 Å². The summed E-state index contributed by atoms with van der Waals surface area (Å²) in [6.07, 6.45) is 0.233. The zero-order chi connectivity index (χ0) is 20.1. The Kier molecular flexibility index (Phi) is 5.84. The fourth-order valence-corrected chi connectivity index (χ4v) is 3.48. The van der Waals surface area contributed by atoms with Crippen LogP contribution in [0.15, 0.2) is 60.7 Å². The van der Waals surface area contributed by atoms with E-state index in [1.807, 2.05) is 42.5 Å². The van der Waals surface area contributed by atoms with Crippen LogP contribution in [0.25, 0.3) is 10.8 Å². The van der Waals surface area contributed by atoms with Gasteiger partial charge in [0, 0.05) is 11.8 Å². The number of benzene rings is 3. The minimum absolute atomic E-state index is 0.0413. The van der Waals surface area contributed by atoms with Crippen molar-refractivity contribution in [1.29, 1.82) is 0 Å². The number of hydrogen-bond donors (Lipinski definition) is 2. The number of nitrogens with one attached hydrogen (secondary N) is 2. The van der Waals surface area contributed by atoms with Gasteiger partial charge in [0.2, 0.25) is 15.9 Å². The van der Waals surface area contributed by atoms with E-state index in [-0.39, 0.29) is 18.1 Å². The molecule has 0 atom stereocenters. The molecule has 0 saturated carbocycles. The van der Waals surface area contributed by atoms with Gasteiger partial charge in [-0.1, -0.05) is 42.5 Å². The number of carbonyl (C=O) groups is 1. The van der Waals surface area contributed by atoms with E-state index in [1.54, 1.807) is 25.1 Å². The van der Waals surface area contributed by atoms with Gasteiger partial charge in [0.15, 0.2) is 0 Å². The van der Waals surface area contributed by atoms with Gasteiger partial charge in [-0.25, -0.2) is 8.42 Å². The molecule has 0 saturated heterocycles. The molecule has 3 aromatic carbocycles. The van der Waals surface area contributed by atoms with Crippen molar-refractivity contribution in [2.45, 2.75) is 13.3 Å². The van der Waals surface area contributed by atoms with E-state index in [0.717, 1.165) is 16.3 Å². The largest absolute Gasteiger partial charge is 0.494 e. The fraction of sp³-hybridized carbons (Fsp3) is 0.190. The average molecular weight is 398 g/mol. The molecule has 0 aliphatic rings. The Hall–Kier alpha value is -3.06. The Bertz CT molecular complexity index is 1110. The van der Waals surface area contributed by atoms with Crippen molar-refractivity contribution in [3.63, 3.8) is 0 Å². The summed E-state index contributed by atoms with van der Waals surface area (Å²) in [6.45, 7) is 1.55. The van der Waals surface area contributed by atoms with Crippen LogP contribution in [0.2, 0.25) is 0 Å². The van der Waals surface area contributed by atoms with Crippen LogP contribution in [-0.4, -0.2) is 27.2 Å². The van der Waals surface area contributed by atoms with E-state index in [0.29, 0.717) is 17.1 Å². The van der Waals surface area contributed by atoms with Crippen LogP contribution in [0.3, 0.4) is 0 Å². The van der Waals surface area contributed by atoms with Crippen LogP contribution in [0, 0.1) is 0 Å². The molecule has 0 heterocycles. The average Bonchev–Trinajstić information content (AvgIpc) is 2.68. The van der Waals surface area contributed by atoms with Crippen molar-refractivity contribution in [2.24, 2.45) is 0 Å². The number of ether oxygens (including phenoxy) is 1. The van der Waals surface area contributed by atoms with Crippen molar-refractivity contribution in [1.82, 2.24) is 0 Å². The number of carbonyl (C=O) groups excluding carboxylic acids is 1. The highest BCUT2D eigenvalue weighted by Gasteiger charge is 2.13. The van der Waals surface area contributed by atoms with Crippen LogP contribution in [0.4, 0.5) is 11.4 Å². The Morgan fingerprint density at radius 3 is 2.46 bits per heavy atom. The van der Waals surface area contributed by atoms with Gasteiger partial charge in [0.05, 0.1) is 25.0 Å². The van der Waals surface area contributed by atoms with Gasteiger partial charge in [0.1, 0.15) is 5.75 Å². The SMILES string of the molecule is CCS(=O)(=O)Nc1ccc(NC(=O)Cc2ccc3ccccc3c2)cc1OC. The molecule has 3 rings (SSSR count). The van der Waals surface area contributed by atoms with E-state index in [4.69, 9.17) is 4.74 Å². The van der Waals surface area contributed by atoms with Crippen molar-refractivity contribution < 1.29 is 17.9 Å². The van der Waals surface area contributed by atoms with Crippen molar-refractivity contribution in [3.8, 4) is 5.75 Å². The zero-order valence-electron chi connectivity index (χ0n) is 15.7. The molecule has 1 amide bonds. The van der Waals surface area contributed by atoms with Gasteiger partial charge in [-0.3, -0.25) is 9.52 Å². The van der Waals surface area contributed by atoms with Crippen molar-refractivity contribution in [3.05, 3.63) is 66.2 Å². The zero-order valence-corrected chi connectivity index (χ0v) is 16.5. The first-order chi connectivity index (χ1) is 13.4. The number of methoxy groups -OCH3 is 1. The summed E-state index contributed by atoms with van der Waals surface area (Å²) in [7, 11) is -1.97. The third-order valence-electron chi connectivity index (χ3n) is 4.31. The van der Waals surface area contributed by atoms with E-state index >= 15 is 0 Å². The lowest BCUT2D eigenvalue weighted by molar-refractivity contribution is -0.115. The first kappa shape index (κ1) is 19.7. The number of sulfonamides is 1. The molecule has 6 nitrogen and oxygen atoms in total. The number of amides is 1. The maximum atomic E-state index is 12.4. The van der Waals surface area contributed by atoms with Gasteiger partial charge >= 0.3 is 0 Å². The predicted octanol–water partition coefficient (Wildman–Crippen LogP) is 3.79. The van der Waals surface area contributed by atoms with Gasteiger partial charge in [-0.15, -0.1) is 0 Å². The molecule has 28 heavy (non-hydrogen) atoms. The van der Waals surface area contributed by atoms with Gasteiger partial charge in [0.25, 0.3) is 0 Å². The summed E-state index contributed by atoms with van der Waals surface area (Å²) >= 11 is 0. The molecule has 0 spiro atoms. The van der Waals surface area contributed by atoms with Crippen LogP contribution >= 0.6 is 0 Å². The maximum absolute atomic E-state index is 12.4. The molecule has 0 aliphatic heterocycles. The molecular formula is C21H22N2O4S. The van der Waals surface area contributed by atoms with Crippen molar-refractivity contribution in [2.75, 3.05) is 22.9 Å². The Morgan fingerprint density at radius 1 is 1.00 bits per heavy atom. The lowest BCUT2D eigenvalue weighted by Crippen LogP contribution is -2.16. The van der Waals surface area contributed by atoms with E-state index in [9.17, 15) is 13.2 Å². The maximum Gasteiger partial charge on any atom is 0.232 e. The summed E-state index contributed by atoms with van der Waals surface area (Å²) in [5.41, 5.74) is 1.77. The van der Waals surface area contributed by atoms with Gasteiger partial charge in [-0.2, -0.15) is 0 Å². The molecule has 7 heteroatoms. The third kappa shape index (κ3) is 4.80. The number of hydrogen-bond acceptors (Lipinski definition) is 4. The highest BCUT2D eigenvalue weighted by atomic mass is 32.2. The first-order valence-corrected chi connectivity index (χ1v) is 10.5. The first-order valence-electron chi connectivity index (χ1n) is 8.86. The lowest BCUT2D eigenvalue weighted by Gasteiger charge is -2.13. The molecule has 0 radical (unpaired) electrons. The molecule has 0 aliphatic carbocycles. The van der Waals surface area contributed by atoms with E-state index < -0.39 is 10.0 Å². The van der Waals surface area contributed by atoms with Gasteiger partial charge in [-0.05, 0) is 35.4 Å². The summed E-state index contributed by atoms with van der Waals surface area (Å²) < 4.78 is 31.2. The molecule has 3 aromatic rings. The molecule has 0 unspecified atom stereocenters. The highest BCUT2D eigenvalue weighted by molar-refractivity contribution is 7.92. The summed E-state index contributed by atoms with van der Waals surface area (Å²) in [4.78, 5) is 12.4. The Labute approximate surface area is 164 Å². The minimum Gasteiger partial charge on any atom is -0.494 e. The molecule has 0 bridgehead atoms. The van der Waals surface area contributed by atoms with Crippen molar-refractivity contribution >= 4 is 38.1 Å². The predicted molar refractivity (Wildman–Crippen MR) is 112 cm³/mol. The topological polar surface area (TPSA) is 84.5 Å². The monoisotopic (exact) mass is 398 g/mol. The van der Waals surface area contributed by atoms with Crippen LogP contribution < -0.4 is 14.8 Å². The van der Waals surface area contributed by atoms with Gasteiger partial charge < -0.3 is 10.1 Å². The lowest BCUT2D eigenvalue weighted by atomic mass is 10.0. The second-order valence-electron chi connectivity index (χ2n) is 6.33. The summed E-state index contributed by atoms with van der Waals surface area (Å²) in [5.74, 6) is 0.125. The second-order valence-corrected chi connectivity index (χ2v) is 8.34. The van der Waals surface area contributed by atoms with Crippen LogP contribution in [0.5, 0.6) is 5.75 Å². The van der Waals surface area contributed by atoms with Crippen LogP contribution in [-0.2, 0) is 21.2 Å². The Morgan fingerprint density at radius 2 is 1.75 bits per heavy atom. The molecule has 2 N–H and O–H groups in total. The Balaban J connectivity index is 1.72. The highest BCUT2D eigenvalue weighted by Crippen LogP contribution is 2.29. The molecular weight excluding hydrogens is 376 g/mol. The van der Waals surface area contributed by atoms with E-state index in [1.165, 1.54) is 7.11 Å². The molecule has 0 fully saturated rings. The quantitative estimate of drug-likeness (QED) is 0.634. The van der Waals surface area contributed by atoms with Crippen LogP contribution in [0.1, 0.15) is 12.5 Å².